The molecule has 0 radical (unpaired) electrons. The van der Waals surface area contributed by atoms with Gasteiger partial charge in [-0.3, -0.25) is 4.79 Å². The van der Waals surface area contributed by atoms with Crippen molar-refractivity contribution in [3.63, 3.8) is 0 Å². The summed E-state index contributed by atoms with van der Waals surface area (Å²) < 4.78 is 6.62. The zero-order chi connectivity index (χ0) is 40.8. The lowest BCUT2D eigenvalue weighted by molar-refractivity contribution is -0.207. The Morgan fingerprint density at radius 3 is 2.19 bits per heavy atom. The Labute approximate surface area is 347 Å². The van der Waals surface area contributed by atoms with Crippen molar-refractivity contribution in [2.75, 3.05) is 0 Å². The highest BCUT2D eigenvalue weighted by molar-refractivity contribution is 5.69. The van der Waals surface area contributed by atoms with Gasteiger partial charge in [0.2, 0.25) is 0 Å². The highest BCUT2D eigenvalue weighted by atomic mass is 16.5. The van der Waals surface area contributed by atoms with Gasteiger partial charge >= 0.3 is 5.97 Å². The molecule has 8 aliphatic carbocycles. The molecule has 0 bridgehead atoms. The van der Waals surface area contributed by atoms with Crippen molar-refractivity contribution < 1.29 is 30.0 Å². The van der Waals surface area contributed by atoms with Crippen molar-refractivity contribution in [2.45, 2.75) is 208 Å². The summed E-state index contributed by atoms with van der Waals surface area (Å²) in [6.45, 7) is 19.3. The second kappa shape index (κ2) is 15.7. The van der Waals surface area contributed by atoms with E-state index in [0.29, 0.717) is 48.3 Å². The molecule has 0 saturated heterocycles. The number of fused-ring (bicyclic) bond motifs is 10. The van der Waals surface area contributed by atoms with Gasteiger partial charge in [0, 0.05) is 18.3 Å². The molecule has 0 aromatic rings. The molecule has 20 atom stereocenters. The van der Waals surface area contributed by atoms with E-state index in [9.17, 15) is 25.2 Å². The van der Waals surface area contributed by atoms with E-state index in [-0.39, 0.29) is 64.2 Å². The second-order valence-electron chi connectivity index (χ2n) is 23.8. The van der Waals surface area contributed by atoms with Crippen molar-refractivity contribution >= 4 is 5.97 Å². The van der Waals surface area contributed by atoms with Gasteiger partial charge < -0.3 is 25.2 Å². The zero-order valence-electron chi connectivity index (χ0n) is 37.4. The fraction of sp³-hybridized carbons (Fsp3) is 0.941. The summed E-state index contributed by atoms with van der Waals surface area (Å²) in [5.41, 5.74) is 1.32. The molecule has 0 spiro atoms. The van der Waals surface area contributed by atoms with Gasteiger partial charge in [-0.25, -0.2) is 0 Å². The third-order valence-electron chi connectivity index (χ3n) is 20.9. The van der Waals surface area contributed by atoms with E-state index in [4.69, 9.17) is 4.74 Å². The first kappa shape index (κ1) is 42.7. The Morgan fingerprint density at radius 1 is 0.737 bits per heavy atom. The van der Waals surface area contributed by atoms with Crippen molar-refractivity contribution in [2.24, 2.45) is 92.7 Å². The Bertz CT molecular complexity index is 1490. The largest absolute Gasteiger partial charge is 0.461 e. The Morgan fingerprint density at radius 2 is 1.44 bits per heavy atom. The fourth-order valence-electron chi connectivity index (χ4n) is 17.8. The molecule has 0 heterocycles. The molecular weight excluding hydrogens is 709 g/mol. The number of esters is 1. The molecule has 8 aliphatic rings. The number of rotatable bonds is 10. The molecular formula is C51H84O6. The van der Waals surface area contributed by atoms with Crippen LogP contribution >= 0.6 is 0 Å². The second-order valence-corrected chi connectivity index (χ2v) is 23.8. The van der Waals surface area contributed by atoms with Gasteiger partial charge in [-0.1, -0.05) is 86.3 Å². The number of carbonyl (C=O) groups excluding carboxylic acids is 1. The molecule has 6 heteroatoms. The molecule has 7 saturated carbocycles. The molecule has 0 aliphatic heterocycles. The summed E-state index contributed by atoms with van der Waals surface area (Å²) in [5.74, 6) is 5.73. The van der Waals surface area contributed by atoms with E-state index >= 15 is 0 Å². The van der Waals surface area contributed by atoms with Crippen molar-refractivity contribution in [3.05, 3.63) is 11.6 Å². The summed E-state index contributed by atoms with van der Waals surface area (Å²) in [6.07, 6.45) is 19.5. The normalized spacial score (nSPS) is 51.4. The van der Waals surface area contributed by atoms with E-state index in [2.05, 4.69) is 61.5 Å². The molecule has 324 valence electrons. The molecule has 4 N–H and O–H groups in total. The van der Waals surface area contributed by atoms with Crippen LogP contribution in [0.5, 0.6) is 0 Å². The van der Waals surface area contributed by atoms with Crippen molar-refractivity contribution in [1.29, 1.82) is 0 Å². The third kappa shape index (κ3) is 6.97. The van der Waals surface area contributed by atoms with Gasteiger partial charge in [-0.15, -0.1) is 0 Å². The van der Waals surface area contributed by atoms with Gasteiger partial charge in [-0.05, 0) is 177 Å². The maximum absolute atomic E-state index is 14.0. The molecule has 57 heavy (non-hydrogen) atoms. The number of aliphatic hydroxyl groups is 4. The van der Waals surface area contributed by atoms with Crippen LogP contribution in [0.2, 0.25) is 0 Å². The number of hydrogen-bond acceptors (Lipinski definition) is 6. The van der Waals surface area contributed by atoms with E-state index in [1.165, 1.54) is 50.5 Å². The minimum Gasteiger partial charge on any atom is -0.461 e. The van der Waals surface area contributed by atoms with E-state index in [0.717, 1.165) is 81.5 Å². The monoisotopic (exact) mass is 793 g/mol. The number of allylic oxidation sites excluding steroid dienone is 1. The smallest absolute Gasteiger partial charge is 0.306 e. The summed E-state index contributed by atoms with van der Waals surface area (Å²) >= 11 is 0. The summed E-state index contributed by atoms with van der Waals surface area (Å²) in [4.78, 5) is 14.0. The standard InChI is InChI=1S/C51H84O6/c1-29(2)10-9-11-30(3)37-15-17-39-36-14-13-32-24-35(53)27-45(50(32,7)40(36)21-23-49(37,39)6)57-46(56)19-12-31(4)38-16-18-41-47-42(28-44(55)51(38,41)8)48(5)22-20-34(52)25-33(48)26-43(47)54/h13,29-31,33-45,47,52-55H,9-12,14-28H2,1-8H3/t30-,31?,33?,34?,35+,36+,37-,38?,39+,40+,41?,42?,43?,44?,45?,47?,48?,49-,50+,51?/m1/s1. The number of hydrogen-bond donors (Lipinski definition) is 4. The van der Waals surface area contributed by atoms with Crippen LogP contribution in [0.4, 0.5) is 0 Å². The quantitative estimate of drug-likeness (QED) is 0.130. The van der Waals surface area contributed by atoms with Crippen LogP contribution in [0.3, 0.4) is 0 Å². The molecule has 8 rings (SSSR count). The van der Waals surface area contributed by atoms with Crippen LogP contribution < -0.4 is 0 Å². The minimum atomic E-state index is -0.465. The average molecular weight is 793 g/mol. The maximum Gasteiger partial charge on any atom is 0.306 e. The maximum atomic E-state index is 14.0. The third-order valence-corrected chi connectivity index (χ3v) is 20.9. The molecule has 7 fully saturated rings. The zero-order valence-corrected chi connectivity index (χ0v) is 37.4. The van der Waals surface area contributed by atoms with Gasteiger partial charge in [0.25, 0.3) is 0 Å². The number of ether oxygens (including phenoxy) is 1. The average Bonchev–Trinajstić information content (AvgIpc) is 3.70. The number of aliphatic hydroxyl groups excluding tert-OH is 4. The summed E-state index contributed by atoms with van der Waals surface area (Å²) in [6, 6.07) is 0. The first-order chi connectivity index (χ1) is 26.9. The lowest BCUT2D eigenvalue weighted by Gasteiger charge is -2.63. The molecule has 0 amide bonds. The predicted molar refractivity (Wildman–Crippen MR) is 227 cm³/mol. The van der Waals surface area contributed by atoms with E-state index in [1.807, 2.05) is 0 Å². The first-order valence-corrected chi connectivity index (χ1v) is 24.5. The molecule has 0 aromatic carbocycles. The SMILES string of the molecule is CC(C)CCC[C@@H](C)[C@H]1CC[C@H]2[C@@H]3CC=C4C[C@H](O)CC(OC(=O)CCC(C)C5CCC6C7C(O)CC8CC(O)CCC8(C)C7CC(O)C56C)[C@]4(C)[C@H]3CC[C@]12C. The lowest BCUT2D eigenvalue weighted by atomic mass is 9.43. The number of carbonyl (C=O) groups is 1. The van der Waals surface area contributed by atoms with Gasteiger partial charge in [-0.2, -0.15) is 0 Å². The van der Waals surface area contributed by atoms with Gasteiger partial charge in [0.1, 0.15) is 6.10 Å². The van der Waals surface area contributed by atoms with Crippen LogP contribution in [0.1, 0.15) is 177 Å². The summed E-state index contributed by atoms with van der Waals surface area (Å²) in [5, 5.41) is 45.5. The Balaban J connectivity index is 0.919. The fourth-order valence-corrected chi connectivity index (χ4v) is 17.8. The molecule has 6 nitrogen and oxygen atoms in total. The summed E-state index contributed by atoms with van der Waals surface area (Å²) in [7, 11) is 0. The van der Waals surface area contributed by atoms with Crippen molar-refractivity contribution in [3.8, 4) is 0 Å². The van der Waals surface area contributed by atoms with Crippen LogP contribution in [0.15, 0.2) is 11.6 Å². The van der Waals surface area contributed by atoms with Crippen LogP contribution in [0.25, 0.3) is 0 Å². The van der Waals surface area contributed by atoms with Crippen LogP contribution in [0, 0.1) is 92.7 Å². The van der Waals surface area contributed by atoms with E-state index in [1.54, 1.807) is 0 Å². The highest BCUT2D eigenvalue weighted by Gasteiger charge is 2.66. The lowest BCUT2D eigenvalue weighted by Crippen LogP contribution is -2.62. The predicted octanol–water partition coefficient (Wildman–Crippen LogP) is 10.3. The Hall–Kier alpha value is -0.950. The van der Waals surface area contributed by atoms with Gasteiger partial charge in [0.05, 0.1) is 24.4 Å². The van der Waals surface area contributed by atoms with Crippen LogP contribution in [-0.4, -0.2) is 56.9 Å². The molecule has 12 unspecified atom stereocenters. The highest BCUT2D eigenvalue weighted by Crippen LogP contribution is 2.70. The topological polar surface area (TPSA) is 107 Å². The van der Waals surface area contributed by atoms with E-state index < -0.39 is 12.2 Å². The van der Waals surface area contributed by atoms with Gasteiger partial charge in [0.15, 0.2) is 0 Å². The van der Waals surface area contributed by atoms with Crippen molar-refractivity contribution in [1.82, 2.24) is 0 Å². The van der Waals surface area contributed by atoms with Crippen LogP contribution in [-0.2, 0) is 9.53 Å². The Kier molecular flexibility index (Phi) is 11.8. The first-order valence-electron chi connectivity index (χ1n) is 24.5. The molecule has 0 aromatic heterocycles. The minimum absolute atomic E-state index is 0.0674.